The first-order valence-corrected chi connectivity index (χ1v) is 15.8. The van der Waals surface area contributed by atoms with Crippen molar-refractivity contribution in [1.82, 2.24) is 15.0 Å². The summed E-state index contributed by atoms with van der Waals surface area (Å²) in [5.74, 6) is 1.11. The van der Waals surface area contributed by atoms with Gasteiger partial charge in [-0.05, 0) is 53.1 Å². The number of furan rings is 2. The van der Waals surface area contributed by atoms with E-state index in [-0.39, 0.29) is 27.8 Å². The van der Waals surface area contributed by atoms with Crippen LogP contribution in [0.1, 0.15) is 13.7 Å². The van der Waals surface area contributed by atoms with Crippen molar-refractivity contribution in [2.75, 3.05) is 0 Å². The van der Waals surface area contributed by atoms with Gasteiger partial charge in [0.2, 0.25) is 0 Å². The molecule has 0 atom stereocenters. The minimum Gasteiger partial charge on any atom is -0.455 e. The van der Waals surface area contributed by atoms with E-state index in [0.29, 0.717) is 50.5 Å². The van der Waals surface area contributed by atoms with Crippen LogP contribution in [0.4, 0.5) is 0 Å². The summed E-state index contributed by atoms with van der Waals surface area (Å²) in [6, 6.07) is 26.2. The van der Waals surface area contributed by atoms with Gasteiger partial charge in [-0.25, -0.2) is 15.0 Å². The molecule has 0 bridgehead atoms. The van der Waals surface area contributed by atoms with Crippen LogP contribution in [0.25, 0.3) is 100 Å². The molecule has 0 fully saturated rings. The summed E-state index contributed by atoms with van der Waals surface area (Å²) in [6.45, 7) is 0. The summed E-state index contributed by atoms with van der Waals surface area (Å²) >= 11 is 0. The lowest BCUT2D eigenvalue weighted by molar-refractivity contribution is 0.669. The maximum atomic E-state index is 8.85. The van der Waals surface area contributed by atoms with Crippen LogP contribution in [-0.4, -0.2) is 15.0 Å². The highest BCUT2D eigenvalue weighted by atomic mass is 16.3. The average Bonchev–Trinajstić information content (AvgIpc) is 3.85. The van der Waals surface area contributed by atoms with Gasteiger partial charge in [0.05, 0.1) is 19.3 Å². The lowest BCUT2D eigenvalue weighted by atomic mass is 9.95. The Bertz CT molecular complexity index is 3400. The summed E-state index contributed by atoms with van der Waals surface area (Å²) in [7, 11) is 0. The van der Waals surface area contributed by atoms with E-state index >= 15 is 0 Å². The van der Waals surface area contributed by atoms with Gasteiger partial charge in [-0.2, -0.15) is 0 Å². The molecule has 5 nitrogen and oxygen atoms in total. The summed E-state index contributed by atoms with van der Waals surface area (Å²) in [4.78, 5) is 14.8. The summed E-state index contributed by atoms with van der Waals surface area (Å²) in [6.07, 6.45) is 0. The van der Waals surface area contributed by atoms with Crippen molar-refractivity contribution >= 4 is 43.9 Å². The van der Waals surface area contributed by atoms with Gasteiger partial charge in [0.1, 0.15) is 22.3 Å². The van der Waals surface area contributed by atoms with Crippen LogP contribution in [-0.2, 0) is 0 Å². The van der Waals surface area contributed by atoms with Gasteiger partial charge in [-0.1, -0.05) is 127 Å². The molecule has 234 valence electrons. The van der Waals surface area contributed by atoms with Crippen molar-refractivity contribution in [2.45, 2.75) is 0 Å². The van der Waals surface area contributed by atoms with E-state index in [4.69, 9.17) is 37.5 Å². The zero-order valence-electron chi connectivity index (χ0n) is 36.0. The maximum absolute atomic E-state index is 8.85. The van der Waals surface area contributed by atoms with E-state index in [1.54, 1.807) is 24.3 Å². The molecular weight excluding hydrogens is 615 g/mol. The lowest BCUT2D eigenvalue weighted by Gasteiger charge is -2.09. The molecule has 0 radical (unpaired) electrons. The quantitative estimate of drug-likeness (QED) is 0.185. The van der Waals surface area contributed by atoms with Crippen molar-refractivity contribution in [3.63, 3.8) is 0 Å². The molecule has 0 N–H and O–H groups in total. The van der Waals surface area contributed by atoms with Gasteiger partial charge < -0.3 is 8.83 Å². The fourth-order valence-electron chi connectivity index (χ4n) is 6.39. The second kappa shape index (κ2) is 11.4. The van der Waals surface area contributed by atoms with Gasteiger partial charge in [0, 0.05) is 38.2 Å². The molecule has 3 heterocycles. The molecule has 0 unspecified atom stereocenters. The van der Waals surface area contributed by atoms with Gasteiger partial charge >= 0.3 is 0 Å². The zero-order chi connectivity index (χ0) is 41.7. The molecule has 0 aliphatic heterocycles. The molecule has 10 aromatic rings. The second-order valence-corrected chi connectivity index (χ2v) is 11.7. The molecule has 0 aliphatic carbocycles. The molecule has 0 spiro atoms. The Balaban J connectivity index is 1.23. The standard InChI is InChI=1S/C45H27N3O2/c1-4-13-28(14-5-1)32-25-37(29-15-6-2-7-16-29)42-38(26-32)34-24-23-31(27-40(34)50-42)44-46-43(30-17-8-3-9-18-30)47-45(48-44)36-21-12-20-35-33-19-10-11-22-39(33)49-41(35)36/h1-27H/i1D,2D,4D,5D,6D,7D,13D,14D,15D,16D. The highest BCUT2D eigenvalue weighted by Crippen LogP contribution is 2.41. The Labute approximate surface area is 301 Å². The van der Waals surface area contributed by atoms with Gasteiger partial charge in [-0.15, -0.1) is 0 Å². The van der Waals surface area contributed by atoms with E-state index in [1.165, 1.54) is 6.07 Å². The number of hydrogen-bond acceptors (Lipinski definition) is 5. The highest BCUT2D eigenvalue weighted by molar-refractivity contribution is 6.12. The van der Waals surface area contributed by atoms with E-state index in [1.807, 2.05) is 72.8 Å². The Morgan fingerprint density at radius 1 is 0.380 bits per heavy atom. The van der Waals surface area contributed by atoms with Gasteiger partial charge in [-0.3, -0.25) is 0 Å². The third kappa shape index (κ3) is 4.67. The van der Waals surface area contributed by atoms with Crippen molar-refractivity contribution in [3.8, 4) is 56.4 Å². The first kappa shape index (κ1) is 19.8. The monoisotopic (exact) mass is 651 g/mol. The van der Waals surface area contributed by atoms with Gasteiger partial charge in [0.15, 0.2) is 17.5 Å². The van der Waals surface area contributed by atoms with Crippen LogP contribution in [0, 0.1) is 0 Å². The topological polar surface area (TPSA) is 65.0 Å². The molecule has 10 rings (SSSR count). The third-order valence-corrected chi connectivity index (χ3v) is 8.70. The van der Waals surface area contributed by atoms with Crippen LogP contribution < -0.4 is 0 Å². The molecule has 0 saturated heterocycles. The predicted molar refractivity (Wildman–Crippen MR) is 202 cm³/mol. The lowest BCUT2D eigenvalue weighted by Crippen LogP contribution is -2.00. The van der Waals surface area contributed by atoms with Crippen molar-refractivity contribution < 1.29 is 22.5 Å². The highest BCUT2D eigenvalue weighted by Gasteiger charge is 2.20. The molecule has 0 aliphatic rings. The fraction of sp³-hybridized carbons (Fsp3) is 0. The Morgan fingerprint density at radius 2 is 1.02 bits per heavy atom. The number of rotatable bonds is 5. The van der Waals surface area contributed by atoms with Gasteiger partial charge in [0.25, 0.3) is 0 Å². The minimum atomic E-state index is -0.579. The van der Waals surface area contributed by atoms with Crippen molar-refractivity contribution in [1.29, 1.82) is 0 Å². The normalized spacial score (nSPS) is 14.4. The number of aromatic nitrogens is 3. The molecule has 7 aromatic carbocycles. The smallest absolute Gasteiger partial charge is 0.167 e. The maximum Gasteiger partial charge on any atom is 0.167 e. The van der Waals surface area contributed by atoms with E-state index < -0.39 is 60.4 Å². The Kier molecular flexibility index (Phi) is 4.52. The fourth-order valence-corrected chi connectivity index (χ4v) is 6.39. The van der Waals surface area contributed by atoms with E-state index in [9.17, 15) is 0 Å². The van der Waals surface area contributed by atoms with Crippen LogP contribution in [0.15, 0.2) is 172 Å². The first-order valence-electron chi connectivity index (χ1n) is 20.8. The molecule has 5 heteroatoms. The first-order chi connectivity index (χ1) is 28.9. The molecule has 0 saturated carbocycles. The second-order valence-electron chi connectivity index (χ2n) is 11.7. The van der Waals surface area contributed by atoms with Crippen LogP contribution in [0.2, 0.25) is 0 Å². The van der Waals surface area contributed by atoms with Crippen LogP contribution in [0.3, 0.4) is 0 Å². The van der Waals surface area contributed by atoms with Crippen molar-refractivity contribution in [2.24, 2.45) is 0 Å². The number of nitrogens with zero attached hydrogens (tertiary/aromatic N) is 3. The van der Waals surface area contributed by atoms with Crippen molar-refractivity contribution in [3.05, 3.63) is 164 Å². The number of hydrogen-bond donors (Lipinski definition) is 0. The number of benzene rings is 7. The van der Waals surface area contributed by atoms with E-state index in [2.05, 4.69) is 0 Å². The summed E-state index contributed by atoms with van der Waals surface area (Å²) < 4.78 is 98.0. The van der Waals surface area contributed by atoms with Crippen LogP contribution in [0.5, 0.6) is 0 Å². The molecule has 50 heavy (non-hydrogen) atoms. The number of para-hydroxylation sites is 2. The molecular formula is C45H27N3O2. The zero-order valence-corrected chi connectivity index (χ0v) is 26.0. The van der Waals surface area contributed by atoms with E-state index in [0.717, 1.165) is 21.9 Å². The Morgan fingerprint density at radius 3 is 1.84 bits per heavy atom. The molecule has 3 aromatic heterocycles. The summed E-state index contributed by atoms with van der Waals surface area (Å²) in [5, 5.41) is 2.83. The average molecular weight is 652 g/mol. The predicted octanol–water partition coefficient (Wildman–Crippen LogP) is 12.0. The largest absolute Gasteiger partial charge is 0.455 e. The Hall–Kier alpha value is -6.85. The summed E-state index contributed by atoms with van der Waals surface area (Å²) in [5.41, 5.74) is 3.77. The third-order valence-electron chi connectivity index (χ3n) is 8.70. The molecule has 0 amide bonds. The minimum absolute atomic E-state index is 0.0804. The SMILES string of the molecule is [2H]c1c([2H])c([2H])c(-c2cc(-c3c([2H])c([2H])c([2H])c([2H])c3[2H])c3oc4cc(-c5nc(-c6ccccc6)nc(-c6cccc7c6oc6ccccc67)n5)ccc4c3c2)c([2H])c1[2H]. The van der Waals surface area contributed by atoms with Crippen LogP contribution >= 0.6 is 0 Å². The number of fused-ring (bicyclic) bond motifs is 6.